The van der Waals surface area contributed by atoms with Gasteiger partial charge < -0.3 is 15.5 Å². The van der Waals surface area contributed by atoms with Crippen molar-refractivity contribution in [1.82, 2.24) is 15.1 Å². The Balaban J connectivity index is 1.41. The van der Waals surface area contributed by atoms with E-state index in [2.05, 4.69) is 15.7 Å². The number of halogens is 2. The Bertz CT molecular complexity index is 1350. The smallest absolute Gasteiger partial charge is 0.282 e. The summed E-state index contributed by atoms with van der Waals surface area (Å²) in [5, 5.41) is 10.3. The number of aromatic nitrogens is 2. The summed E-state index contributed by atoms with van der Waals surface area (Å²) in [4.78, 5) is 27.4. The minimum atomic E-state index is -3.54. The van der Waals surface area contributed by atoms with Crippen molar-refractivity contribution in [1.29, 1.82) is 0 Å². The Hall–Kier alpha value is -3.02. The summed E-state index contributed by atoms with van der Waals surface area (Å²) in [6, 6.07) is 5.21. The first-order valence-corrected chi connectivity index (χ1v) is 14.6. The van der Waals surface area contributed by atoms with Gasteiger partial charge in [-0.15, -0.1) is 0 Å². The van der Waals surface area contributed by atoms with E-state index in [1.54, 1.807) is 15.6 Å². The molecule has 1 aromatic carbocycles. The van der Waals surface area contributed by atoms with Gasteiger partial charge in [0.05, 0.1) is 24.8 Å². The lowest BCUT2D eigenvalue weighted by Gasteiger charge is -2.41. The van der Waals surface area contributed by atoms with Crippen LogP contribution in [0.4, 0.5) is 20.3 Å². The Labute approximate surface area is 214 Å². The highest BCUT2D eigenvalue weighted by molar-refractivity contribution is 7.91. The van der Waals surface area contributed by atoms with Gasteiger partial charge in [-0.2, -0.15) is 5.10 Å². The van der Waals surface area contributed by atoms with Gasteiger partial charge >= 0.3 is 0 Å². The molecular weight excluding hydrogens is 504 g/mol. The van der Waals surface area contributed by atoms with Crippen LogP contribution in [0, 0.1) is 5.92 Å². The van der Waals surface area contributed by atoms with E-state index < -0.39 is 33.3 Å². The molecule has 12 heteroatoms. The molecule has 0 radical (unpaired) electrons. The average molecular weight is 536 g/mol. The van der Waals surface area contributed by atoms with Gasteiger partial charge in [0.1, 0.15) is 17.1 Å². The summed E-state index contributed by atoms with van der Waals surface area (Å²) >= 11 is 0. The molecule has 200 valence electrons. The van der Waals surface area contributed by atoms with Crippen molar-refractivity contribution >= 4 is 33.2 Å². The molecule has 2 aromatic rings. The predicted octanol–water partition coefficient (Wildman–Crippen LogP) is 2.71. The topological polar surface area (TPSA) is 113 Å². The van der Waals surface area contributed by atoms with Crippen molar-refractivity contribution in [2.45, 2.75) is 57.5 Å². The zero-order valence-corrected chi connectivity index (χ0v) is 21.7. The highest BCUT2D eigenvalue weighted by Gasteiger charge is 2.44. The van der Waals surface area contributed by atoms with Gasteiger partial charge in [-0.3, -0.25) is 9.59 Å². The Morgan fingerprint density at radius 2 is 2.00 bits per heavy atom. The summed E-state index contributed by atoms with van der Waals surface area (Å²) in [6.45, 7) is 1.89. The second kappa shape index (κ2) is 9.38. The first-order valence-electron chi connectivity index (χ1n) is 12.6. The number of sulfone groups is 1. The standard InChI is InChI=1S/C25H31F2N5O4S/c1-3-16-10-17(31-13-25(26,27)14-31)6-7-18(16)19-11-20-22(24(34)28-19)23(29-21(33)12-37(2,35)36)32(30-20)9-8-15-4-5-15/h6-7,10,15,19H,3-5,8-9,11-14H2,1-2H3,(H,28,34)(H,29,33)/t19-/m1/s1. The van der Waals surface area contributed by atoms with E-state index in [1.807, 2.05) is 19.1 Å². The molecule has 1 saturated carbocycles. The zero-order valence-electron chi connectivity index (χ0n) is 20.9. The first kappa shape index (κ1) is 25.6. The number of aryl methyl sites for hydroxylation is 2. The lowest BCUT2D eigenvalue weighted by atomic mass is 9.90. The number of nitrogens with zero attached hydrogens (tertiary/aromatic N) is 3. The van der Waals surface area contributed by atoms with Crippen LogP contribution in [0.25, 0.3) is 0 Å². The molecule has 1 aliphatic carbocycles. The van der Waals surface area contributed by atoms with Gasteiger partial charge in [-0.05, 0) is 42.0 Å². The Morgan fingerprint density at radius 1 is 1.27 bits per heavy atom. The maximum atomic E-state index is 13.4. The molecule has 2 amide bonds. The van der Waals surface area contributed by atoms with E-state index >= 15 is 0 Å². The number of benzene rings is 1. The Morgan fingerprint density at radius 3 is 2.62 bits per heavy atom. The van der Waals surface area contributed by atoms with Crippen LogP contribution in [-0.2, 0) is 34.0 Å². The zero-order chi connectivity index (χ0) is 26.5. The third-order valence-corrected chi connectivity index (χ3v) is 7.93. The van der Waals surface area contributed by atoms with Crippen LogP contribution in [-0.4, -0.2) is 61.0 Å². The van der Waals surface area contributed by atoms with E-state index in [1.165, 1.54) is 0 Å². The molecule has 2 fully saturated rings. The SMILES string of the molecule is CCc1cc(N2CC(F)(F)C2)ccc1[C@H]1Cc2nn(CCC3CC3)c(NC(=O)CS(C)(=O)=O)c2C(=O)N1. The summed E-state index contributed by atoms with van der Waals surface area (Å²) < 4.78 is 51.5. The fraction of sp³-hybridized carbons (Fsp3) is 0.560. The first-order chi connectivity index (χ1) is 17.4. The third kappa shape index (κ3) is 5.63. The molecule has 9 nitrogen and oxygen atoms in total. The van der Waals surface area contributed by atoms with Crippen LogP contribution in [0.1, 0.15) is 59.4 Å². The number of hydrogen-bond acceptors (Lipinski definition) is 6. The lowest BCUT2D eigenvalue weighted by Crippen LogP contribution is -2.56. The van der Waals surface area contributed by atoms with Crippen LogP contribution in [0.2, 0.25) is 0 Å². The molecule has 37 heavy (non-hydrogen) atoms. The van der Waals surface area contributed by atoms with Gasteiger partial charge in [0.15, 0.2) is 9.84 Å². The van der Waals surface area contributed by atoms with Crippen LogP contribution < -0.4 is 15.5 Å². The van der Waals surface area contributed by atoms with E-state index in [0.717, 1.165) is 42.3 Å². The van der Waals surface area contributed by atoms with Gasteiger partial charge in [-0.1, -0.05) is 25.8 Å². The molecule has 1 aromatic heterocycles. The number of anilines is 2. The molecule has 3 aliphatic rings. The maximum absolute atomic E-state index is 13.4. The molecule has 0 spiro atoms. The predicted molar refractivity (Wildman–Crippen MR) is 135 cm³/mol. The third-order valence-electron chi connectivity index (χ3n) is 7.14. The number of rotatable bonds is 9. The molecule has 2 aliphatic heterocycles. The molecule has 1 atom stereocenters. The monoisotopic (exact) mass is 535 g/mol. The second-order valence-electron chi connectivity index (χ2n) is 10.4. The van der Waals surface area contributed by atoms with E-state index in [4.69, 9.17) is 0 Å². The van der Waals surface area contributed by atoms with Gasteiger partial charge in [0.2, 0.25) is 5.91 Å². The number of fused-ring (bicyclic) bond motifs is 1. The van der Waals surface area contributed by atoms with Crippen LogP contribution in [0.5, 0.6) is 0 Å². The fourth-order valence-corrected chi connectivity index (χ4v) is 5.64. The number of carbonyl (C=O) groups excluding carboxylic acids is 2. The number of carbonyl (C=O) groups is 2. The Kier molecular flexibility index (Phi) is 6.49. The van der Waals surface area contributed by atoms with Crippen LogP contribution in [0.3, 0.4) is 0 Å². The number of amides is 2. The summed E-state index contributed by atoms with van der Waals surface area (Å²) in [5.74, 6) is -3.63. The molecule has 2 N–H and O–H groups in total. The largest absolute Gasteiger partial charge is 0.359 e. The van der Waals surface area contributed by atoms with Crippen LogP contribution >= 0.6 is 0 Å². The molecule has 5 rings (SSSR count). The summed E-state index contributed by atoms with van der Waals surface area (Å²) in [6.07, 6.45) is 5.18. The molecular formula is C25H31F2N5O4S. The van der Waals surface area contributed by atoms with Gasteiger partial charge in [0.25, 0.3) is 11.8 Å². The van der Waals surface area contributed by atoms with Crippen molar-refractivity contribution < 1.29 is 26.8 Å². The maximum Gasteiger partial charge on any atom is 0.282 e. The minimum Gasteiger partial charge on any atom is -0.359 e. The molecule has 0 bridgehead atoms. The highest BCUT2D eigenvalue weighted by atomic mass is 32.2. The van der Waals surface area contributed by atoms with E-state index in [0.29, 0.717) is 31.0 Å². The number of alkyl halides is 2. The van der Waals surface area contributed by atoms with Crippen molar-refractivity contribution in [2.75, 3.05) is 35.3 Å². The van der Waals surface area contributed by atoms with E-state index in [-0.39, 0.29) is 30.5 Å². The van der Waals surface area contributed by atoms with Crippen LogP contribution in [0.15, 0.2) is 18.2 Å². The van der Waals surface area contributed by atoms with E-state index in [9.17, 15) is 26.8 Å². The molecule has 0 unspecified atom stereocenters. The average Bonchev–Trinajstić information content (AvgIpc) is 3.55. The summed E-state index contributed by atoms with van der Waals surface area (Å²) in [5.41, 5.74) is 3.37. The summed E-state index contributed by atoms with van der Waals surface area (Å²) in [7, 11) is -3.54. The van der Waals surface area contributed by atoms with Crippen molar-refractivity contribution in [2.24, 2.45) is 5.92 Å². The molecule has 1 saturated heterocycles. The lowest BCUT2D eigenvalue weighted by molar-refractivity contribution is -0.113. The van der Waals surface area contributed by atoms with Crippen molar-refractivity contribution in [3.05, 3.63) is 40.6 Å². The van der Waals surface area contributed by atoms with Crippen molar-refractivity contribution in [3.63, 3.8) is 0 Å². The minimum absolute atomic E-state index is 0.227. The second-order valence-corrected chi connectivity index (χ2v) is 12.6. The molecule has 3 heterocycles. The highest BCUT2D eigenvalue weighted by Crippen LogP contribution is 2.37. The quantitative estimate of drug-likeness (QED) is 0.511. The van der Waals surface area contributed by atoms with Crippen molar-refractivity contribution in [3.8, 4) is 0 Å². The normalized spacial score (nSPS) is 20.7. The van der Waals surface area contributed by atoms with Gasteiger partial charge in [0, 0.05) is 24.9 Å². The number of nitrogens with one attached hydrogen (secondary N) is 2. The van der Waals surface area contributed by atoms with Gasteiger partial charge in [-0.25, -0.2) is 21.9 Å². The number of hydrogen-bond donors (Lipinski definition) is 2. The fourth-order valence-electron chi connectivity index (χ4n) is 5.09.